The van der Waals surface area contributed by atoms with Crippen LogP contribution in [0.2, 0.25) is 0 Å². The van der Waals surface area contributed by atoms with E-state index in [-0.39, 0.29) is 17.7 Å². The molecule has 2 heterocycles. The Bertz CT molecular complexity index is 2320. The van der Waals surface area contributed by atoms with E-state index in [2.05, 4.69) is 10.6 Å². The first kappa shape index (κ1) is 38.5. The second kappa shape index (κ2) is 15.0. The fourth-order valence-electron chi connectivity index (χ4n) is 8.11. The summed E-state index contributed by atoms with van der Waals surface area (Å²) in [6.07, 6.45) is 2.25. The molecule has 2 aliphatic rings. The van der Waals surface area contributed by atoms with Gasteiger partial charge in [-0.05, 0) is 78.9 Å². The van der Waals surface area contributed by atoms with E-state index in [0.717, 1.165) is 59.5 Å². The molecule has 1 aromatic heterocycles. The van der Waals surface area contributed by atoms with Crippen LogP contribution in [-0.4, -0.2) is 48.0 Å². The number of benzene rings is 4. The molecule has 1 amide bonds. The number of carbonyl (C=O) groups excluding carboxylic acids is 2. The van der Waals surface area contributed by atoms with E-state index in [4.69, 9.17) is 9.47 Å². The maximum Gasteiger partial charge on any atom is 0.419 e. The predicted octanol–water partition coefficient (Wildman–Crippen LogP) is 10.3. The number of para-hydroxylation sites is 1. The van der Waals surface area contributed by atoms with Crippen molar-refractivity contribution < 1.29 is 45.4 Å². The van der Waals surface area contributed by atoms with Crippen molar-refractivity contribution >= 4 is 22.6 Å². The molecule has 6 nitrogen and oxygen atoms in total. The largest absolute Gasteiger partial charge is 0.497 e. The van der Waals surface area contributed by atoms with E-state index in [1.165, 1.54) is 24.1 Å². The van der Waals surface area contributed by atoms with Crippen LogP contribution in [0.3, 0.4) is 0 Å². The number of methoxy groups -OCH3 is 2. The first-order valence-electron chi connectivity index (χ1n) is 18.0. The zero-order chi connectivity index (χ0) is 39.8. The van der Waals surface area contributed by atoms with Gasteiger partial charge in [-0.25, -0.2) is 0 Å². The minimum absolute atomic E-state index is 0.0337. The number of allylic oxidation sites excluding steroid dienone is 4. The summed E-state index contributed by atoms with van der Waals surface area (Å²) in [6, 6.07) is 21.4. The molecule has 0 bridgehead atoms. The summed E-state index contributed by atoms with van der Waals surface area (Å²) in [5, 5.41) is 0.844. The number of rotatable bonds is 10. The molecule has 1 saturated heterocycles. The molecule has 0 N–H and O–H groups in total. The van der Waals surface area contributed by atoms with Crippen molar-refractivity contribution in [1.29, 1.82) is 0 Å². The molecule has 1 aliphatic carbocycles. The first-order chi connectivity index (χ1) is 26.7. The van der Waals surface area contributed by atoms with Gasteiger partial charge in [0.15, 0.2) is 5.78 Å². The molecular formula is C44H38F6N2O4. The Kier molecular flexibility index (Phi) is 10.3. The number of alkyl halides is 6. The Hall–Kier alpha value is -5.78. The van der Waals surface area contributed by atoms with Crippen LogP contribution in [0.4, 0.5) is 26.3 Å². The molecule has 4 aromatic carbocycles. The zero-order valence-electron chi connectivity index (χ0n) is 30.5. The summed E-state index contributed by atoms with van der Waals surface area (Å²) in [5.74, 6) is -1.58. The standard InChI is InChI=1S/C44H38F6N2O4/c1-55-32-10-8-9-30(23-32)41(54)52-22-19-34(39(52)40(53)29-15-18-36(44(48,49)50)38(24-29)56-2)35-26-51(37-12-5-4-11-33(35)37)27-42(20-6-3-7-21-42)25-28-13-16-31(17-14-28)43(45,46)47/h3-18,20,23-24,26,34,39H,19,21-22,25,27H2,1-2H3. The van der Waals surface area contributed by atoms with Crippen molar-refractivity contribution in [2.75, 3.05) is 20.8 Å². The highest BCUT2D eigenvalue weighted by atomic mass is 19.4. The Morgan fingerprint density at radius 1 is 0.821 bits per heavy atom. The van der Waals surface area contributed by atoms with E-state index in [9.17, 15) is 35.9 Å². The Morgan fingerprint density at radius 2 is 1.59 bits per heavy atom. The molecule has 3 unspecified atom stereocenters. The van der Waals surface area contributed by atoms with Gasteiger partial charge in [-0.3, -0.25) is 9.59 Å². The number of nitrogens with zero attached hydrogens (tertiary/aromatic N) is 2. The average Bonchev–Trinajstić information content (AvgIpc) is 3.78. The van der Waals surface area contributed by atoms with Crippen molar-refractivity contribution in [2.45, 2.75) is 50.1 Å². The predicted molar refractivity (Wildman–Crippen MR) is 200 cm³/mol. The third-order valence-electron chi connectivity index (χ3n) is 10.8. The lowest BCUT2D eigenvalue weighted by Crippen LogP contribution is -2.43. The van der Waals surface area contributed by atoms with Crippen molar-refractivity contribution in [1.82, 2.24) is 9.47 Å². The lowest BCUT2D eigenvalue weighted by Gasteiger charge is -2.32. The number of amides is 1. The van der Waals surface area contributed by atoms with Crippen molar-refractivity contribution in [2.24, 2.45) is 5.41 Å². The van der Waals surface area contributed by atoms with E-state index >= 15 is 0 Å². The molecular weight excluding hydrogens is 734 g/mol. The molecule has 12 heteroatoms. The molecule has 0 radical (unpaired) electrons. The Labute approximate surface area is 319 Å². The van der Waals surface area contributed by atoms with Gasteiger partial charge in [-0.2, -0.15) is 26.3 Å². The van der Waals surface area contributed by atoms with Crippen LogP contribution in [0, 0.1) is 5.41 Å². The average molecular weight is 773 g/mol. The quantitative estimate of drug-likeness (QED) is 0.105. The number of aromatic nitrogens is 1. The summed E-state index contributed by atoms with van der Waals surface area (Å²) >= 11 is 0. The number of ether oxygens (including phenoxy) is 2. The van der Waals surface area contributed by atoms with Gasteiger partial charge in [0, 0.05) is 52.6 Å². The summed E-state index contributed by atoms with van der Waals surface area (Å²) in [5.41, 5.74) is 0.397. The summed E-state index contributed by atoms with van der Waals surface area (Å²) in [7, 11) is 2.58. The third kappa shape index (κ3) is 7.56. The summed E-state index contributed by atoms with van der Waals surface area (Å²) in [6.45, 7) is 0.642. The smallest absolute Gasteiger partial charge is 0.419 e. The first-order valence-corrected chi connectivity index (χ1v) is 18.0. The van der Waals surface area contributed by atoms with Gasteiger partial charge >= 0.3 is 12.4 Å². The second-order valence-electron chi connectivity index (χ2n) is 14.3. The van der Waals surface area contributed by atoms with Gasteiger partial charge in [0.1, 0.15) is 17.5 Å². The zero-order valence-corrected chi connectivity index (χ0v) is 30.5. The van der Waals surface area contributed by atoms with Gasteiger partial charge in [-0.1, -0.05) is 66.8 Å². The van der Waals surface area contributed by atoms with Crippen LogP contribution in [-0.2, 0) is 25.3 Å². The Morgan fingerprint density at radius 3 is 2.27 bits per heavy atom. The van der Waals surface area contributed by atoms with Crippen LogP contribution in [0.1, 0.15) is 61.7 Å². The molecule has 1 aliphatic heterocycles. The molecule has 5 aromatic rings. The minimum Gasteiger partial charge on any atom is -0.497 e. The van der Waals surface area contributed by atoms with Gasteiger partial charge < -0.3 is 18.9 Å². The van der Waals surface area contributed by atoms with Crippen molar-refractivity contribution in [3.63, 3.8) is 0 Å². The lowest BCUT2D eigenvalue weighted by molar-refractivity contribution is -0.139. The highest BCUT2D eigenvalue weighted by molar-refractivity contribution is 6.06. The van der Waals surface area contributed by atoms with Crippen LogP contribution in [0.15, 0.2) is 121 Å². The van der Waals surface area contributed by atoms with E-state index < -0.39 is 58.3 Å². The number of hydrogen-bond acceptors (Lipinski definition) is 4. The minimum atomic E-state index is -4.72. The fraction of sp³-hybridized carbons (Fsp3) is 0.273. The second-order valence-corrected chi connectivity index (χ2v) is 14.3. The molecule has 56 heavy (non-hydrogen) atoms. The van der Waals surface area contributed by atoms with Crippen LogP contribution in [0.25, 0.3) is 10.9 Å². The topological polar surface area (TPSA) is 60.8 Å². The SMILES string of the molecule is COc1cccc(C(=O)N2CCC(c3cn(CC4(Cc5ccc(C(F)(F)F)cc5)C=CC=CC4)c4ccccc34)C2C(=O)c2ccc(C(F)(F)F)c(OC)c2)c1. The Balaban J connectivity index is 1.29. The van der Waals surface area contributed by atoms with E-state index in [0.29, 0.717) is 31.6 Å². The maximum atomic E-state index is 14.7. The van der Waals surface area contributed by atoms with Crippen LogP contribution >= 0.6 is 0 Å². The van der Waals surface area contributed by atoms with E-state index in [1.54, 1.807) is 24.3 Å². The molecule has 0 saturated carbocycles. The van der Waals surface area contributed by atoms with Crippen molar-refractivity contribution in [3.05, 3.63) is 155 Å². The molecule has 3 atom stereocenters. The maximum absolute atomic E-state index is 14.7. The third-order valence-corrected chi connectivity index (χ3v) is 10.8. The fourth-order valence-corrected chi connectivity index (χ4v) is 8.11. The number of halogens is 6. The van der Waals surface area contributed by atoms with Crippen LogP contribution < -0.4 is 9.47 Å². The highest BCUT2D eigenvalue weighted by Gasteiger charge is 2.45. The molecule has 7 rings (SSSR count). The monoisotopic (exact) mass is 772 g/mol. The number of hydrogen-bond donors (Lipinski definition) is 0. The number of Topliss-reactive ketones (excluding diaryl/α,β-unsaturated/α-hetero) is 1. The molecule has 1 fully saturated rings. The van der Waals surface area contributed by atoms with Gasteiger partial charge in [-0.15, -0.1) is 0 Å². The summed E-state index contributed by atoms with van der Waals surface area (Å²) in [4.78, 5) is 30.4. The number of carbonyl (C=O) groups is 2. The van der Waals surface area contributed by atoms with Gasteiger partial charge in [0.25, 0.3) is 5.91 Å². The molecule has 290 valence electrons. The number of fused-ring (bicyclic) bond motifs is 1. The highest BCUT2D eigenvalue weighted by Crippen LogP contribution is 2.44. The summed E-state index contributed by atoms with van der Waals surface area (Å²) < 4.78 is 94.0. The van der Waals surface area contributed by atoms with Crippen molar-refractivity contribution in [3.8, 4) is 11.5 Å². The van der Waals surface area contributed by atoms with Gasteiger partial charge in [0.05, 0.1) is 25.3 Å². The normalized spacial score (nSPS) is 19.8. The molecule has 0 spiro atoms. The van der Waals surface area contributed by atoms with E-state index in [1.807, 2.05) is 48.7 Å². The van der Waals surface area contributed by atoms with Crippen LogP contribution in [0.5, 0.6) is 11.5 Å². The number of likely N-dealkylation sites (tertiary alicyclic amines) is 1. The van der Waals surface area contributed by atoms with Gasteiger partial charge in [0.2, 0.25) is 0 Å². The lowest BCUT2D eigenvalue weighted by atomic mass is 9.76. The number of ketones is 1.